The zero-order valence-corrected chi connectivity index (χ0v) is 18.9. The number of rotatable bonds is 4. The van der Waals surface area contributed by atoms with Crippen LogP contribution in [0.1, 0.15) is 53.8 Å². The molecule has 0 atom stereocenters. The molecule has 0 aliphatic heterocycles. The molecule has 5 heteroatoms. The van der Waals surface area contributed by atoms with Gasteiger partial charge < -0.3 is 4.57 Å². The van der Waals surface area contributed by atoms with Crippen LogP contribution in [0.15, 0.2) is 43.2 Å². The van der Waals surface area contributed by atoms with E-state index in [-0.39, 0.29) is 11.9 Å². The Labute approximate surface area is 182 Å². The largest absolute Gasteiger partial charge is 0.326 e. The fourth-order valence-corrected chi connectivity index (χ4v) is 4.36. The molecule has 1 aromatic carbocycles. The number of aromatic nitrogens is 4. The van der Waals surface area contributed by atoms with E-state index >= 15 is 0 Å². The van der Waals surface area contributed by atoms with Gasteiger partial charge in [-0.25, -0.2) is 9.37 Å². The van der Waals surface area contributed by atoms with E-state index < -0.39 is 0 Å². The molecule has 0 fully saturated rings. The van der Waals surface area contributed by atoms with E-state index in [9.17, 15) is 4.39 Å². The fourth-order valence-electron chi connectivity index (χ4n) is 4.36. The van der Waals surface area contributed by atoms with Gasteiger partial charge in [-0.05, 0) is 82.5 Å². The maximum atomic E-state index is 15.0. The zero-order valence-electron chi connectivity index (χ0n) is 18.9. The highest BCUT2D eigenvalue weighted by Gasteiger charge is 2.18. The number of pyridine rings is 2. The molecule has 0 aliphatic carbocycles. The van der Waals surface area contributed by atoms with Gasteiger partial charge in [0.2, 0.25) is 0 Å². The summed E-state index contributed by atoms with van der Waals surface area (Å²) in [5.41, 5.74) is 8.53. The minimum atomic E-state index is -0.336. The molecule has 0 unspecified atom stereocenters. The summed E-state index contributed by atoms with van der Waals surface area (Å²) in [7, 11) is 0. The molecule has 0 amide bonds. The maximum absolute atomic E-state index is 15.0. The first-order chi connectivity index (χ1) is 14.7. The summed E-state index contributed by atoms with van der Waals surface area (Å²) in [5, 5.41) is 0. The molecule has 0 aliphatic rings. The van der Waals surface area contributed by atoms with E-state index in [4.69, 9.17) is 0 Å². The van der Waals surface area contributed by atoms with Gasteiger partial charge in [0.05, 0.1) is 5.52 Å². The van der Waals surface area contributed by atoms with Crippen LogP contribution in [0, 0.1) is 33.5 Å². The first kappa shape index (κ1) is 20.9. The zero-order chi connectivity index (χ0) is 22.4. The van der Waals surface area contributed by atoms with Crippen LogP contribution in [0.2, 0.25) is 0 Å². The number of halogens is 1. The Balaban J connectivity index is 1.87. The Bertz CT molecular complexity index is 1310. The minimum Gasteiger partial charge on any atom is -0.326 e. The van der Waals surface area contributed by atoms with Crippen LogP contribution in [0.5, 0.6) is 0 Å². The normalized spacial score (nSPS) is 11.5. The van der Waals surface area contributed by atoms with Crippen molar-refractivity contribution in [3.05, 3.63) is 83.0 Å². The van der Waals surface area contributed by atoms with E-state index in [1.807, 2.05) is 45.3 Å². The van der Waals surface area contributed by atoms with Crippen molar-refractivity contribution in [2.45, 2.75) is 47.6 Å². The number of fused-ring (bicyclic) bond motifs is 1. The second-order valence-electron chi connectivity index (χ2n) is 8.37. The second-order valence-corrected chi connectivity index (χ2v) is 8.37. The molecule has 3 aromatic heterocycles. The summed E-state index contributed by atoms with van der Waals surface area (Å²) in [5.74, 6) is 0.464. The molecule has 4 rings (SSSR count). The Morgan fingerprint density at radius 3 is 2.45 bits per heavy atom. The van der Waals surface area contributed by atoms with Crippen LogP contribution in [0.25, 0.3) is 27.7 Å². The molecular formula is C26H27FN4. The molecule has 0 bridgehead atoms. The average Bonchev–Trinajstić information content (AvgIpc) is 3.05. The third kappa shape index (κ3) is 3.54. The summed E-state index contributed by atoms with van der Waals surface area (Å²) in [4.78, 5) is 13.5. The van der Waals surface area contributed by atoms with E-state index in [0.717, 1.165) is 56.1 Å². The number of hydrogen-bond acceptors (Lipinski definition) is 3. The van der Waals surface area contributed by atoms with Gasteiger partial charge in [-0.2, -0.15) is 0 Å². The molecule has 0 saturated carbocycles. The van der Waals surface area contributed by atoms with Gasteiger partial charge >= 0.3 is 0 Å². The van der Waals surface area contributed by atoms with Gasteiger partial charge in [-0.3, -0.25) is 9.97 Å². The highest BCUT2D eigenvalue weighted by molar-refractivity contribution is 5.88. The van der Waals surface area contributed by atoms with E-state index in [1.165, 1.54) is 6.07 Å². The lowest BCUT2D eigenvalue weighted by Crippen LogP contribution is -2.03. The van der Waals surface area contributed by atoms with Gasteiger partial charge in [0, 0.05) is 46.5 Å². The van der Waals surface area contributed by atoms with Gasteiger partial charge in [-0.1, -0.05) is 6.58 Å². The quantitative estimate of drug-likeness (QED) is 0.382. The number of imidazole rings is 1. The number of aryl methyl sites for hydroxylation is 4. The summed E-state index contributed by atoms with van der Waals surface area (Å²) in [6.45, 7) is 16.4. The van der Waals surface area contributed by atoms with Crippen molar-refractivity contribution in [1.29, 1.82) is 0 Å². The fraction of sp³-hybridized carbons (Fsp3) is 0.269. The van der Waals surface area contributed by atoms with E-state index in [1.54, 1.807) is 0 Å². The van der Waals surface area contributed by atoms with Gasteiger partial charge in [0.25, 0.3) is 0 Å². The van der Waals surface area contributed by atoms with Crippen molar-refractivity contribution in [2.75, 3.05) is 0 Å². The highest BCUT2D eigenvalue weighted by atomic mass is 19.1. The SMILES string of the molecule is C=C(c1cc(F)c2nc(C)n(C(C)C)c2c1)c1cc(-c2c(C)ccnc2C)cnc1C. The number of nitrogens with zero attached hydrogens (tertiary/aromatic N) is 4. The Morgan fingerprint density at radius 1 is 1.03 bits per heavy atom. The third-order valence-electron chi connectivity index (χ3n) is 5.84. The standard InChI is InChI=1S/C26H27FN4/c1-14(2)31-19(7)30-26-23(27)11-20(12-24(26)31)16(4)22-10-21(13-29-17(22)5)25-15(3)8-9-28-18(25)6/h8-14H,4H2,1-3,5-7H3. The molecule has 4 nitrogen and oxygen atoms in total. The Kier molecular flexibility index (Phi) is 5.21. The highest BCUT2D eigenvalue weighted by Crippen LogP contribution is 2.33. The predicted molar refractivity (Wildman–Crippen MR) is 125 cm³/mol. The van der Waals surface area contributed by atoms with Crippen molar-refractivity contribution < 1.29 is 4.39 Å². The molecule has 0 saturated heterocycles. The summed E-state index contributed by atoms with van der Waals surface area (Å²) >= 11 is 0. The number of hydrogen-bond donors (Lipinski definition) is 0. The molecule has 0 radical (unpaired) electrons. The van der Waals surface area contributed by atoms with Gasteiger partial charge in [0.1, 0.15) is 11.3 Å². The van der Waals surface area contributed by atoms with Crippen LogP contribution >= 0.6 is 0 Å². The van der Waals surface area contributed by atoms with E-state index in [2.05, 4.69) is 52.9 Å². The maximum Gasteiger partial charge on any atom is 0.151 e. The predicted octanol–water partition coefficient (Wildman–Crippen LogP) is 6.51. The molecule has 31 heavy (non-hydrogen) atoms. The average molecular weight is 415 g/mol. The lowest BCUT2D eigenvalue weighted by molar-refractivity contribution is 0.600. The summed E-state index contributed by atoms with van der Waals surface area (Å²) < 4.78 is 17.0. The summed E-state index contributed by atoms with van der Waals surface area (Å²) in [6, 6.07) is 7.75. The smallest absolute Gasteiger partial charge is 0.151 e. The van der Waals surface area contributed by atoms with Gasteiger partial charge in [-0.15, -0.1) is 0 Å². The van der Waals surface area contributed by atoms with Crippen LogP contribution in [-0.2, 0) is 0 Å². The van der Waals surface area contributed by atoms with Crippen molar-refractivity contribution in [3.8, 4) is 11.1 Å². The lowest BCUT2D eigenvalue weighted by Gasteiger charge is -2.15. The second kappa shape index (κ2) is 7.73. The van der Waals surface area contributed by atoms with Crippen molar-refractivity contribution in [2.24, 2.45) is 0 Å². The van der Waals surface area contributed by atoms with Gasteiger partial charge in [0.15, 0.2) is 5.82 Å². The van der Waals surface area contributed by atoms with Crippen molar-refractivity contribution >= 4 is 16.6 Å². The molecular weight excluding hydrogens is 387 g/mol. The Morgan fingerprint density at radius 2 is 1.77 bits per heavy atom. The third-order valence-corrected chi connectivity index (χ3v) is 5.84. The lowest BCUT2D eigenvalue weighted by atomic mass is 9.93. The molecule has 3 heterocycles. The molecule has 0 spiro atoms. The first-order valence-corrected chi connectivity index (χ1v) is 10.5. The number of benzene rings is 1. The van der Waals surface area contributed by atoms with Crippen LogP contribution in [0.4, 0.5) is 4.39 Å². The molecule has 158 valence electrons. The first-order valence-electron chi connectivity index (χ1n) is 10.5. The summed E-state index contributed by atoms with van der Waals surface area (Å²) in [6.07, 6.45) is 3.68. The molecule has 4 aromatic rings. The van der Waals surface area contributed by atoms with E-state index in [0.29, 0.717) is 5.52 Å². The minimum absolute atomic E-state index is 0.177. The Hall–Kier alpha value is -3.34. The van der Waals surface area contributed by atoms with Crippen molar-refractivity contribution in [1.82, 2.24) is 19.5 Å². The monoisotopic (exact) mass is 414 g/mol. The van der Waals surface area contributed by atoms with Crippen LogP contribution in [0.3, 0.4) is 0 Å². The van der Waals surface area contributed by atoms with Crippen LogP contribution in [-0.4, -0.2) is 19.5 Å². The molecule has 0 N–H and O–H groups in total. The van der Waals surface area contributed by atoms with Crippen molar-refractivity contribution in [3.63, 3.8) is 0 Å². The van der Waals surface area contributed by atoms with Crippen LogP contribution < -0.4 is 0 Å². The topological polar surface area (TPSA) is 43.6 Å².